The Morgan fingerprint density at radius 3 is 2.25 bits per heavy atom. The standard InChI is InChI=1S/C29H26O7/c1-29(2,3)19-9-4-17(5-10-19)6-11-21(31)16-35-28-26(34)25-23(33)14-22(32)15-24(25)36-27(28)18-7-12-20(30)13-8-18/h4-15,30,32-33H,16H2,1-3H3/b11-6+. The lowest BCUT2D eigenvalue weighted by Crippen LogP contribution is -2.15. The summed E-state index contributed by atoms with van der Waals surface area (Å²) < 4.78 is 11.4. The summed E-state index contributed by atoms with van der Waals surface area (Å²) in [6, 6.07) is 15.9. The van der Waals surface area contributed by atoms with Crippen LogP contribution in [0.4, 0.5) is 0 Å². The van der Waals surface area contributed by atoms with Gasteiger partial charge in [-0.2, -0.15) is 0 Å². The maximum absolute atomic E-state index is 13.2. The normalized spacial score (nSPS) is 11.8. The summed E-state index contributed by atoms with van der Waals surface area (Å²) in [6.07, 6.45) is 3.03. The van der Waals surface area contributed by atoms with E-state index in [-0.39, 0.29) is 45.2 Å². The predicted molar refractivity (Wildman–Crippen MR) is 138 cm³/mol. The molecule has 3 N–H and O–H groups in total. The minimum absolute atomic E-state index is 0.00736. The molecule has 0 saturated heterocycles. The van der Waals surface area contributed by atoms with Crippen LogP contribution in [-0.4, -0.2) is 27.7 Å². The maximum atomic E-state index is 13.2. The fraction of sp³-hybridized carbons (Fsp3) is 0.172. The molecule has 0 unspecified atom stereocenters. The molecular formula is C29H26O7. The summed E-state index contributed by atoms with van der Waals surface area (Å²) in [5.41, 5.74) is 1.68. The zero-order valence-electron chi connectivity index (χ0n) is 20.1. The lowest BCUT2D eigenvalue weighted by atomic mass is 9.87. The van der Waals surface area contributed by atoms with Crippen LogP contribution >= 0.6 is 0 Å². The fourth-order valence-corrected chi connectivity index (χ4v) is 3.68. The Labute approximate surface area is 207 Å². The molecule has 0 fully saturated rings. The second-order valence-corrected chi connectivity index (χ2v) is 9.43. The number of fused-ring (bicyclic) bond motifs is 1. The van der Waals surface area contributed by atoms with Crippen molar-refractivity contribution < 1.29 is 29.3 Å². The topological polar surface area (TPSA) is 117 Å². The smallest absolute Gasteiger partial charge is 0.239 e. The van der Waals surface area contributed by atoms with E-state index in [1.807, 2.05) is 24.3 Å². The summed E-state index contributed by atoms with van der Waals surface area (Å²) in [4.78, 5) is 25.8. The van der Waals surface area contributed by atoms with Gasteiger partial charge in [-0.25, -0.2) is 0 Å². The maximum Gasteiger partial charge on any atom is 0.239 e. The summed E-state index contributed by atoms with van der Waals surface area (Å²) in [5.74, 6) is -1.43. The van der Waals surface area contributed by atoms with Gasteiger partial charge >= 0.3 is 0 Å². The summed E-state index contributed by atoms with van der Waals surface area (Å²) in [5, 5.41) is 29.5. The Hall–Kier alpha value is -4.52. The van der Waals surface area contributed by atoms with E-state index in [9.17, 15) is 24.9 Å². The predicted octanol–water partition coefficient (Wildman–Crippen LogP) is 5.54. The van der Waals surface area contributed by atoms with Crippen LogP contribution in [0.5, 0.6) is 23.0 Å². The molecule has 0 radical (unpaired) electrons. The van der Waals surface area contributed by atoms with Crippen molar-refractivity contribution in [1.29, 1.82) is 0 Å². The number of carbonyl (C=O) groups excluding carboxylic acids is 1. The van der Waals surface area contributed by atoms with Crippen molar-refractivity contribution >= 4 is 22.8 Å². The van der Waals surface area contributed by atoms with Gasteiger partial charge in [0.15, 0.2) is 18.2 Å². The number of aromatic hydroxyl groups is 3. The van der Waals surface area contributed by atoms with Gasteiger partial charge in [-0.3, -0.25) is 9.59 Å². The highest BCUT2D eigenvalue weighted by atomic mass is 16.5. The highest BCUT2D eigenvalue weighted by Gasteiger charge is 2.21. The van der Waals surface area contributed by atoms with E-state index >= 15 is 0 Å². The summed E-state index contributed by atoms with van der Waals surface area (Å²) in [6.45, 7) is 5.92. The monoisotopic (exact) mass is 486 g/mol. The van der Waals surface area contributed by atoms with E-state index < -0.39 is 17.8 Å². The van der Waals surface area contributed by atoms with Crippen molar-refractivity contribution in [3.8, 4) is 34.3 Å². The number of benzene rings is 3. The van der Waals surface area contributed by atoms with Crippen LogP contribution in [0.2, 0.25) is 0 Å². The third-order valence-corrected chi connectivity index (χ3v) is 5.64. The van der Waals surface area contributed by atoms with Crippen molar-refractivity contribution in [3.63, 3.8) is 0 Å². The van der Waals surface area contributed by atoms with E-state index in [2.05, 4.69) is 20.8 Å². The fourth-order valence-electron chi connectivity index (χ4n) is 3.68. The number of carbonyl (C=O) groups is 1. The minimum Gasteiger partial charge on any atom is -0.508 e. The molecule has 0 amide bonds. The first-order chi connectivity index (χ1) is 17.0. The Morgan fingerprint density at radius 2 is 1.61 bits per heavy atom. The van der Waals surface area contributed by atoms with Gasteiger partial charge in [-0.05, 0) is 46.9 Å². The first-order valence-electron chi connectivity index (χ1n) is 11.3. The lowest BCUT2D eigenvalue weighted by molar-refractivity contribution is -0.116. The number of rotatable bonds is 6. The van der Waals surface area contributed by atoms with Crippen molar-refractivity contribution in [3.05, 3.63) is 88.1 Å². The van der Waals surface area contributed by atoms with Crippen molar-refractivity contribution in [2.45, 2.75) is 26.2 Å². The van der Waals surface area contributed by atoms with Crippen LogP contribution in [0.3, 0.4) is 0 Å². The number of hydrogen-bond donors (Lipinski definition) is 3. The Morgan fingerprint density at radius 1 is 0.944 bits per heavy atom. The second-order valence-electron chi connectivity index (χ2n) is 9.43. The van der Waals surface area contributed by atoms with Crippen LogP contribution in [0.25, 0.3) is 28.4 Å². The zero-order valence-corrected chi connectivity index (χ0v) is 20.1. The van der Waals surface area contributed by atoms with Crippen molar-refractivity contribution in [1.82, 2.24) is 0 Å². The quantitative estimate of drug-likeness (QED) is 0.307. The van der Waals surface area contributed by atoms with Gasteiger partial charge in [0.05, 0.1) is 0 Å². The van der Waals surface area contributed by atoms with Crippen LogP contribution in [0, 0.1) is 0 Å². The number of ether oxygens (including phenoxy) is 1. The van der Waals surface area contributed by atoms with Gasteiger partial charge in [-0.15, -0.1) is 0 Å². The number of ketones is 1. The van der Waals surface area contributed by atoms with Gasteiger partial charge in [-0.1, -0.05) is 51.1 Å². The van der Waals surface area contributed by atoms with Gasteiger partial charge in [0, 0.05) is 17.7 Å². The van der Waals surface area contributed by atoms with Crippen molar-refractivity contribution in [2.75, 3.05) is 6.61 Å². The number of phenols is 3. The summed E-state index contributed by atoms with van der Waals surface area (Å²) in [7, 11) is 0. The molecule has 0 aliphatic rings. The Bertz CT molecular complexity index is 1500. The minimum atomic E-state index is -0.702. The average molecular weight is 487 g/mol. The molecule has 36 heavy (non-hydrogen) atoms. The highest BCUT2D eigenvalue weighted by Crippen LogP contribution is 2.36. The third-order valence-electron chi connectivity index (χ3n) is 5.64. The van der Waals surface area contributed by atoms with E-state index in [1.54, 1.807) is 6.08 Å². The Balaban J connectivity index is 1.63. The van der Waals surface area contributed by atoms with E-state index in [0.29, 0.717) is 5.56 Å². The summed E-state index contributed by atoms with van der Waals surface area (Å²) >= 11 is 0. The lowest BCUT2D eigenvalue weighted by Gasteiger charge is -2.18. The molecule has 0 aliphatic carbocycles. The first kappa shape index (κ1) is 24.6. The molecule has 4 rings (SSSR count). The molecule has 0 saturated carbocycles. The second kappa shape index (κ2) is 9.62. The van der Waals surface area contributed by atoms with Gasteiger partial charge in [0.25, 0.3) is 0 Å². The van der Waals surface area contributed by atoms with Crippen molar-refractivity contribution in [2.24, 2.45) is 0 Å². The number of hydrogen-bond acceptors (Lipinski definition) is 7. The molecule has 1 aromatic heterocycles. The Kier molecular flexibility index (Phi) is 6.57. The van der Waals surface area contributed by atoms with Gasteiger partial charge in [0.2, 0.25) is 11.2 Å². The van der Waals surface area contributed by atoms with E-state index in [4.69, 9.17) is 9.15 Å². The van der Waals surface area contributed by atoms with Gasteiger partial charge in [0.1, 0.15) is 28.2 Å². The molecule has 0 bridgehead atoms. The molecule has 0 atom stereocenters. The van der Waals surface area contributed by atoms with Crippen LogP contribution in [-0.2, 0) is 10.2 Å². The molecule has 7 nitrogen and oxygen atoms in total. The number of phenolic OH excluding ortho intramolecular Hbond substituents is 3. The average Bonchev–Trinajstić information content (AvgIpc) is 2.81. The van der Waals surface area contributed by atoms with E-state index in [1.165, 1.54) is 42.0 Å². The molecule has 4 aromatic rings. The zero-order chi connectivity index (χ0) is 26.0. The van der Waals surface area contributed by atoms with Crippen LogP contribution < -0.4 is 10.2 Å². The molecule has 3 aromatic carbocycles. The van der Waals surface area contributed by atoms with Crippen LogP contribution in [0.1, 0.15) is 31.9 Å². The molecular weight excluding hydrogens is 460 g/mol. The molecule has 7 heteroatoms. The van der Waals surface area contributed by atoms with Gasteiger partial charge < -0.3 is 24.5 Å². The molecule has 184 valence electrons. The first-order valence-corrected chi connectivity index (χ1v) is 11.3. The largest absolute Gasteiger partial charge is 0.508 e. The van der Waals surface area contributed by atoms with Crippen LogP contribution in [0.15, 0.2) is 76.0 Å². The van der Waals surface area contributed by atoms with E-state index in [0.717, 1.165) is 11.6 Å². The third kappa shape index (κ3) is 5.25. The molecule has 1 heterocycles. The molecule has 0 spiro atoms. The molecule has 0 aliphatic heterocycles. The highest BCUT2D eigenvalue weighted by molar-refractivity contribution is 5.95. The SMILES string of the molecule is CC(C)(C)c1ccc(/C=C/C(=O)COc2c(-c3ccc(O)cc3)oc3cc(O)cc(O)c3c2=O)cc1.